The molecule has 3 saturated carbocycles. The van der Waals surface area contributed by atoms with E-state index in [0.717, 1.165) is 25.7 Å². The molecule has 0 amide bonds. The molecular weight excluding hydrogens is 380 g/mol. The van der Waals surface area contributed by atoms with Gasteiger partial charge in [0.05, 0.1) is 19.1 Å². The van der Waals surface area contributed by atoms with Gasteiger partial charge in [-0.1, -0.05) is 27.7 Å². The minimum Gasteiger partial charge on any atom is -0.465 e. The average molecular weight is 417 g/mol. The van der Waals surface area contributed by atoms with Crippen LogP contribution in [0.2, 0.25) is 0 Å². The van der Waals surface area contributed by atoms with Crippen molar-refractivity contribution in [2.24, 2.45) is 39.4 Å². The number of allylic oxidation sites excluding steroid dienone is 1. The number of carbonyl (C=O) groups is 3. The quantitative estimate of drug-likeness (QED) is 0.399. The van der Waals surface area contributed by atoms with Crippen LogP contribution >= 0.6 is 0 Å². The fourth-order valence-electron chi connectivity index (χ4n) is 8.23. The summed E-state index contributed by atoms with van der Waals surface area (Å²) in [6.45, 7) is 12.5. The summed E-state index contributed by atoms with van der Waals surface area (Å²) in [5, 5.41) is 10.7. The van der Waals surface area contributed by atoms with Crippen molar-refractivity contribution in [2.45, 2.75) is 79.8 Å². The molecule has 0 aromatic rings. The van der Waals surface area contributed by atoms with E-state index < -0.39 is 22.7 Å². The van der Waals surface area contributed by atoms with Gasteiger partial charge in [-0.3, -0.25) is 9.59 Å². The monoisotopic (exact) mass is 416 g/mol. The molecular formula is C25H36O5. The zero-order chi connectivity index (χ0) is 22.4. The van der Waals surface area contributed by atoms with Crippen molar-refractivity contribution in [3.8, 4) is 0 Å². The second-order valence-electron chi connectivity index (χ2n) is 11.7. The molecule has 5 nitrogen and oxygen atoms in total. The molecule has 7 atom stereocenters. The van der Waals surface area contributed by atoms with Crippen LogP contribution in [0.1, 0.15) is 73.6 Å². The smallest absolute Gasteiger partial charge is 0.341 e. The lowest BCUT2D eigenvalue weighted by Gasteiger charge is -2.68. The number of hydrogen-bond acceptors (Lipinski definition) is 5. The second kappa shape index (κ2) is 6.27. The van der Waals surface area contributed by atoms with Crippen molar-refractivity contribution in [3.05, 3.63) is 11.1 Å². The van der Waals surface area contributed by atoms with E-state index in [1.165, 1.54) is 7.11 Å². The third-order valence-electron chi connectivity index (χ3n) is 10.3. The van der Waals surface area contributed by atoms with Gasteiger partial charge in [0.15, 0.2) is 11.6 Å². The van der Waals surface area contributed by atoms with Gasteiger partial charge < -0.3 is 9.84 Å². The number of hydrogen-bond donors (Lipinski definition) is 1. The Morgan fingerprint density at radius 1 is 1.00 bits per heavy atom. The predicted molar refractivity (Wildman–Crippen MR) is 112 cm³/mol. The van der Waals surface area contributed by atoms with E-state index in [2.05, 4.69) is 27.7 Å². The third-order valence-corrected chi connectivity index (χ3v) is 10.3. The number of aliphatic hydroxyl groups is 1. The Morgan fingerprint density at radius 3 is 2.20 bits per heavy atom. The largest absolute Gasteiger partial charge is 0.465 e. The van der Waals surface area contributed by atoms with Crippen molar-refractivity contribution in [1.82, 2.24) is 0 Å². The number of fused-ring (bicyclic) bond motifs is 6. The van der Waals surface area contributed by atoms with E-state index in [1.54, 1.807) is 6.92 Å². The summed E-state index contributed by atoms with van der Waals surface area (Å²) in [6.07, 6.45) is 3.63. The summed E-state index contributed by atoms with van der Waals surface area (Å²) >= 11 is 0. The molecule has 0 aromatic heterocycles. The molecule has 0 aromatic carbocycles. The third kappa shape index (κ3) is 2.36. The molecule has 1 N–H and O–H groups in total. The van der Waals surface area contributed by atoms with E-state index in [0.29, 0.717) is 17.9 Å². The molecule has 2 bridgehead atoms. The number of carbonyl (C=O) groups excluding carboxylic acids is 3. The average Bonchev–Trinajstić information content (AvgIpc) is 2.66. The molecule has 0 aliphatic heterocycles. The van der Waals surface area contributed by atoms with Crippen LogP contribution in [0.15, 0.2) is 11.1 Å². The molecule has 30 heavy (non-hydrogen) atoms. The lowest BCUT2D eigenvalue weighted by molar-refractivity contribution is -0.204. The van der Waals surface area contributed by atoms with E-state index in [1.807, 2.05) is 6.92 Å². The van der Waals surface area contributed by atoms with Crippen LogP contribution in [0.25, 0.3) is 0 Å². The van der Waals surface area contributed by atoms with Crippen LogP contribution in [-0.2, 0) is 19.1 Å². The molecule has 4 aliphatic carbocycles. The Kier molecular flexibility index (Phi) is 4.54. The lowest BCUT2D eigenvalue weighted by Crippen LogP contribution is -2.67. The van der Waals surface area contributed by atoms with E-state index in [9.17, 15) is 19.5 Å². The molecule has 4 aliphatic rings. The van der Waals surface area contributed by atoms with Crippen LogP contribution < -0.4 is 0 Å². The summed E-state index contributed by atoms with van der Waals surface area (Å²) in [5.74, 6) is -1.25. The van der Waals surface area contributed by atoms with Crippen LogP contribution in [0, 0.1) is 39.4 Å². The molecule has 0 heterocycles. The van der Waals surface area contributed by atoms with Gasteiger partial charge >= 0.3 is 5.97 Å². The molecule has 0 unspecified atom stereocenters. The number of rotatable bonds is 1. The first-order chi connectivity index (χ1) is 13.8. The number of esters is 1. The molecule has 0 saturated heterocycles. The maximum absolute atomic E-state index is 13.7. The first-order valence-electron chi connectivity index (χ1n) is 11.3. The van der Waals surface area contributed by atoms with Crippen LogP contribution in [0.3, 0.4) is 0 Å². The van der Waals surface area contributed by atoms with Gasteiger partial charge in [-0.15, -0.1) is 0 Å². The minimum absolute atomic E-state index is 0.0199. The van der Waals surface area contributed by atoms with E-state index in [4.69, 9.17) is 4.74 Å². The van der Waals surface area contributed by atoms with Gasteiger partial charge in [-0.2, -0.15) is 0 Å². The van der Waals surface area contributed by atoms with Crippen molar-refractivity contribution in [3.63, 3.8) is 0 Å². The Hall–Kier alpha value is -1.49. The fraction of sp³-hybridized carbons (Fsp3) is 0.800. The maximum Gasteiger partial charge on any atom is 0.341 e. The highest BCUT2D eigenvalue weighted by atomic mass is 16.5. The van der Waals surface area contributed by atoms with Gasteiger partial charge in [0.1, 0.15) is 5.57 Å². The van der Waals surface area contributed by atoms with Crippen LogP contribution in [-0.4, -0.2) is 35.9 Å². The normalized spacial score (nSPS) is 47.5. The first-order valence-corrected chi connectivity index (χ1v) is 11.3. The summed E-state index contributed by atoms with van der Waals surface area (Å²) in [7, 11) is 1.29. The molecule has 4 rings (SSSR count). The molecule has 0 radical (unpaired) electrons. The van der Waals surface area contributed by atoms with Gasteiger partial charge in [0, 0.05) is 5.41 Å². The highest BCUT2D eigenvalue weighted by Crippen LogP contribution is 2.71. The summed E-state index contributed by atoms with van der Waals surface area (Å²) in [4.78, 5) is 39.8. The van der Waals surface area contributed by atoms with Crippen LogP contribution in [0.4, 0.5) is 0 Å². The van der Waals surface area contributed by atoms with E-state index in [-0.39, 0.29) is 40.0 Å². The number of ether oxygens (including phenoxy) is 1. The van der Waals surface area contributed by atoms with Crippen molar-refractivity contribution in [1.29, 1.82) is 0 Å². The summed E-state index contributed by atoms with van der Waals surface area (Å²) in [5.41, 5.74) is -0.884. The number of ketones is 2. The lowest BCUT2D eigenvalue weighted by atomic mass is 9.35. The van der Waals surface area contributed by atoms with E-state index >= 15 is 0 Å². The first kappa shape index (κ1) is 21.7. The van der Waals surface area contributed by atoms with Crippen LogP contribution in [0.5, 0.6) is 0 Å². The number of aliphatic hydroxyl groups excluding tert-OH is 1. The summed E-state index contributed by atoms with van der Waals surface area (Å²) < 4.78 is 4.93. The maximum atomic E-state index is 13.7. The Balaban J connectivity index is 1.89. The standard InChI is InChI=1S/C25H36O5/c1-13-17(21(29)30-7)19(27)18-20(28)25(13,6)12-15-23(4)11-9-16(26)22(2,3)14(23)8-10-24(15,18)5/h14-16,18,26H,8-12H2,1-7H3/t14-,15+,16-,18+,23-,24+,25-/m1/s1. The highest BCUT2D eigenvalue weighted by molar-refractivity contribution is 6.28. The Morgan fingerprint density at radius 2 is 1.60 bits per heavy atom. The molecule has 3 fully saturated rings. The van der Waals surface area contributed by atoms with Crippen molar-refractivity contribution in [2.75, 3.05) is 7.11 Å². The van der Waals surface area contributed by atoms with Crippen molar-refractivity contribution >= 4 is 17.5 Å². The highest BCUT2D eigenvalue weighted by Gasteiger charge is 2.70. The summed E-state index contributed by atoms with van der Waals surface area (Å²) in [6, 6.07) is 0. The SMILES string of the molecule is COC(=O)C1=C(C)[C@@]2(C)C[C@H]3[C@]4(C)CC[C@@H](O)C(C)(C)[C@H]4CC[C@]3(C)[C@@H](C1=O)C2=O. The molecule has 0 spiro atoms. The molecule has 166 valence electrons. The fourth-order valence-corrected chi connectivity index (χ4v) is 8.23. The molecule has 5 heteroatoms. The Bertz CT molecular complexity index is 869. The zero-order valence-electron chi connectivity index (χ0n) is 19.4. The van der Waals surface area contributed by atoms with Gasteiger partial charge in [-0.05, 0) is 79.6 Å². The zero-order valence-corrected chi connectivity index (χ0v) is 19.4. The number of Topliss-reactive ketones (excluding diaryl/α,β-unsaturated/α-hetero) is 2. The van der Waals surface area contributed by atoms with Gasteiger partial charge in [0.2, 0.25) is 0 Å². The predicted octanol–water partition coefficient (Wildman–Crippen LogP) is 3.87. The number of methoxy groups -OCH3 is 1. The minimum atomic E-state index is -0.822. The second-order valence-corrected chi connectivity index (χ2v) is 11.7. The topological polar surface area (TPSA) is 80.7 Å². The Labute approximate surface area is 179 Å². The van der Waals surface area contributed by atoms with Gasteiger partial charge in [-0.25, -0.2) is 4.79 Å². The van der Waals surface area contributed by atoms with Crippen molar-refractivity contribution < 1.29 is 24.2 Å². The van der Waals surface area contributed by atoms with Gasteiger partial charge in [0.25, 0.3) is 0 Å².